The van der Waals surface area contributed by atoms with Gasteiger partial charge in [0.15, 0.2) is 0 Å². The molecule has 7 nitrogen and oxygen atoms in total. The van der Waals surface area contributed by atoms with Crippen molar-refractivity contribution in [2.24, 2.45) is 0 Å². The predicted octanol–water partition coefficient (Wildman–Crippen LogP) is 2.60. The predicted molar refractivity (Wildman–Crippen MR) is 111 cm³/mol. The Labute approximate surface area is 170 Å². The SMILES string of the molecule is CC(C)N(C)C(=O)c1ccc(CNC(=O)CCNC(=O)/C=C/c2ccco2)cc1. The maximum Gasteiger partial charge on any atom is 0.253 e. The zero-order valence-electron chi connectivity index (χ0n) is 17.0. The van der Waals surface area contributed by atoms with E-state index in [0.717, 1.165) is 5.56 Å². The van der Waals surface area contributed by atoms with Crippen molar-refractivity contribution in [2.75, 3.05) is 13.6 Å². The van der Waals surface area contributed by atoms with E-state index in [1.807, 2.05) is 26.0 Å². The summed E-state index contributed by atoms with van der Waals surface area (Å²) in [6.07, 6.45) is 4.62. The monoisotopic (exact) mass is 397 g/mol. The van der Waals surface area contributed by atoms with E-state index in [2.05, 4.69) is 10.6 Å². The third kappa shape index (κ3) is 7.29. The van der Waals surface area contributed by atoms with Crippen LogP contribution in [-0.4, -0.2) is 42.3 Å². The van der Waals surface area contributed by atoms with E-state index >= 15 is 0 Å². The Kier molecular flexibility index (Phi) is 8.21. The highest BCUT2D eigenvalue weighted by molar-refractivity contribution is 5.94. The van der Waals surface area contributed by atoms with Gasteiger partial charge in [-0.25, -0.2) is 0 Å². The van der Waals surface area contributed by atoms with Gasteiger partial charge in [0.25, 0.3) is 5.91 Å². The van der Waals surface area contributed by atoms with E-state index in [0.29, 0.717) is 17.9 Å². The highest BCUT2D eigenvalue weighted by atomic mass is 16.3. The Morgan fingerprint density at radius 3 is 2.45 bits per heavy atom. The van der Waals surface area contributed by atoms with Crippen molar-refractivity contribution in [3.63, 3.8) is 0 Å². The number of hydrogen-bond donors (Lipinski definition) is 2. The highest BCUT2D eigenvalue weighted by Crippen LogP contribution is 2.09. The zero-order valence-corrected chi connectivity index (χ0v) is 17.0. The molecule has 0 aliphatic heterocycles. The summed E-state index contributed by atoms with van der Waals surface area (Å²) in [4.78, 5) is 37.5. The van der Waals surface area contributed by atoms with Crippen LogP contribution in [0.25, 0.3) is 6.08 Å². The number of carbonyl (C=O) groups is 3. The van der Waals surface area contributed by atoms with Crippen molar-refractivity contribution < 1.29 is 18.8 Å². The van der Waals surface area contributed by atoms with Crippen LogP contribution < -0.4 is 10.6 Å². The second-order valence-electron chi connectivity index (χ2n) is 6.87. The molecule has 1 aromatic heterocycles. The van der Waals surface area contributed by atoms with Crippen molar-refractivity contribution in [3.8, 4) is 0 Å². The molecule has 7 heteroatoms. The minimum atomic E-state index is -0.291. The summed E-state index contributed by atoms with van der Waals surface area (Å²) in [5.41, 5.74) is 1.51. The lowest BCUT2D eigenvalue weighted by molar-refractivity contribution is -0.121. The van der Waals surface area contributed by atoms with Crippen LogP contribution in [0.5, 0.6) is 0 Å². The molecule has 1 aromatic carbocycles. The van der Waals surface area contributed by atoms with Crippen LogP contribution in [0.4, 0.5) is 0 Å². The maximum atomic E-state index is 12.3. The van der Waals surface area contributed by atoms with Crippen LogP contribution in [0.2, 0.25) is 0 Å². The largest absolute Gasteiger partial charge is 0.465 e. The minimum Gasteiger partial charge on any atom is -0.465 e. The second-order valence-corrected chi connectivity index (χ2v) is 6.87. The van der Waals surface area contributed by atoms with Crippen molar-refractivity contribution in [1.82, 2.24) is 15.5 Å². The normalized spacial score (nSPS) is 10.9. The van der Waals surface area contributed by atoms with Crippen LogP contribution >= 0.6 is 0 Å². The molecule has 0 spiro atoms. The number of nitrogens with zero attached hydrogens (tertiary/aromatic N) is 1. The fourth-order valence-corrected chi connectivity index (χ4v) is 2.39. The molecule has 0 aliphatic rings. The van der Waals surface area contributed by atoms with E-state index in [9.17, 15) is 14.4 Å². The summed E-state index contributed by atoms with van der Waals surface area (Å²) in [7, 11) is 1.77. The van der Waals surface area contributed by atoms with Gasteiger partial charge in [-0.3, -0.25) is 14.4 Å². The van der Waals surface area contributed by atoms with Gasteiger partial charge in [-0.05, 0) is 49.8 Å². The number of amides is 3. The van der Waals surface area contributed by atoms with Gasteiger partial charge >= 0.3 is 0 Å². The molecule has 0 unspecified atom stereocenters. The first kappa shape index (κ1) is 21.9. The Hall–Kier alpha value is -3.35. The summed E-state index contributed by atoms with van der Waals surface area (Å²) in [6.45, 7) is 4.51. The first-order chi connectivity index (χ1) is 13.9. The third-order valence-corrected chi connectivity index (χ3v) is 4.38. The molecule has 3 amide bonds. The second kappa shape index (κ2) is 10.8. The van der Waals surface area contributed by atoms with Gasteiger partial charge in [0.1, 0.15) is 5.76 Å². The smallest absolute Gasteiger partial charge is 0.253 e. The van der Waals surface area contributed by atoms with Gasteiger partial charge in [-0.15, -0.1) is 0 Å². The quantitative estimate of drug-likeness (QED) is 0.636. The molecular weight excluding hydrogens is 370 g/mol. The molecule has 0 bridgehead atoms. The van der Waals surface area contributed by atoms with Crippen molar-refractivity contribution in [3.05, 3.63) is 65.6 Å². The third-order valence-electron chi connectivity index (χ3n) is 4.38. The molecule has 2 rings (SSSR count). The van der Waals surface area contributed by atoms with Crippen LogP contribution in [-0.2, 0) is 16.1 Å². The Morgan fingerprint density at radius 1 is 1.10 bits per heavy atom. The summed E-state index contributed by atoms with van der Waals surface area (Å²) in [5, 5.41) is 5.44. The number of hydrogen-bond acceptors (Lipinski definition) is 4. The molecule has 2 aromatic rings. The van der Waals surface area contributed by atoms with E-state index in [-0.39, 0.29) is 36.7 Å². The fourth-order valence-electron chi connectivity index (χ4n) is 2.39. The van der Waals surface area contributed by atoms with Crippen molar-refractivity contribution in [1.29, 1.82) is 0 Å². The number of nitrogens with one attached hydrogen (secondary N) is 2. The highest BCUT2D eigenvalue weighted by Gasteiger charge is 2.14. The summed E-state index contributed by atoms with van der Waals surface area (Å²) in [6, 6.07) is 10.8. The molecule has 1 heterocycles. The van der Waals surface area contributed by atoms with Gasteiger partial charge in [0, 0.05) is 44.2 Å². The summed E-state index contributed by atoms with van der Waals surface area (Å²) in [5.74, 6) is 0.0923. The average molecular weight is 397 g/mol. The molecule has 154 valence electrons. The minimum absolute atomic E-state index is 0.0348. The van der Waals surface area contributed by atoms with E-state index in [1.54, 1.807) is 42.3 Å². The molecule has 0 radical (unpaired) electrons. The first-order valence-corrected chi connectivity index (χ1v) is 9.49. The molecular formula is C22H27N3O4. The van der Waals surface area contributed by atoms with Gasteiger partial charge < -0.3 is 20.0 Å². The topological polar surface area (TPSA) is 91.7 Å². The number of carbonyl (C=O) groups excluding carboxylic acids is 3. The van der Waals surface area contributed by atoms with Gasteiger partial charge in [-0.1, -0.05) is 12.1 Å². The van der Waals surface area contributed by atoms with Gasteiger partial charge in [-0.2, -0.15) is 0 Å². The summed E-state index contributed by atoms with van der Waals surface area (Å²) < 4.78 is 5.09. The van der Waals surface area contributed by atoms with Crippen LogP contribution in [0.3, 0.4) is 0 Å². The van der Waals surface area contributed by atoms with Crippen molar-refractivity contribution in [2.45, 2.75) is 32.9 Å². The van der Waals surface area contributed by atoms with E-state index < -0.39 is 0 Å². The standard InChI is InChI=1S/C22H27N3O4/c1-16(2)25(3)22(28)18-8-6-17(7-9-18)15-24-21(27)12-13-23-20(26)11-10-19-5-4-14-29-19/h4-11,14,16H,12-13,15H2,1-3H3,(H,23,26)(H,24,27)/b11-10+. The zero-order chi connectivity index (χ0) is 21.2. The van der Waals surface area contributed by atoms with Gasteiger partial charge in [0.05, 0.1) is 6.26 Å². The average Bonchev–Trinajstić information content (AvgIpc) is 3.23. The Bertz CT molecular complexity index is 839. The molecule has 0 atom stereocenters. The van der Waals surface area contributed by atoms with Crippen LogP contribution in [0.15, 0.2) is 53.2 Å². The van der Waals surface area contributed by atoms with Gasteiger partial charge in [0.2, 0.25) is 11.8 Å². The molecule has 0 saturated heterocycles. The van der Waals surface area contributed by atoms with Crippen LogP contribution in [0.1, 0.15) is 41.9 Å². The lowest BCUT2D eigenvalue weighted by atomic mass is 10.1. The Balaban J connectivity index is 1.69. The fraction of sp³-hybridized carbons (Fsp3) is 0.318. The van der Waals surface area contributed by atoms with E-state index in [1.165, 1.54) is 12.3 Å². The molecule has 0 fully saturated rings. The van der Waals surface area contributed by atoms with Crippen LogP contribution in [0, 0.1) is 0 Å². The van der Waals surface area contributed by atoms with Crippen molar-refractivity contribution >= 4 is 23.8 Å². The number of benzene rings is 1. The first-order valence-electron chi connectivity index (χ1n) is 9.49. The lowest BCUT2D eigenvalue weighted by Crippen LogP contribution is -2.33. The lowest BCUT2D eigenvalue weighted by Gasteiger charge is -2.21. The number of furan rings is 1. The molecule has 0 saturated carbocycles. The Morgan fingerprint density at radius 2 is 1.83 bits per heavy atom. The molecule has 0 aliphatic carbocycles. The maximum absolute atomic E-state index is 12.3. The summed E-state index contributed by atoms with van der Waals surface area (Å²) >= 11 is 0. The van der Waals surface area contributed by atoms with E-state index in [4.69, 9.17) is 4.42 Å². The molecule has 29 heavy (non-hydrogen) atoms. The number of rotatable bonds is 9. The molecule has 2 N–H and O–H groups in total.